The van der Waals surface area contributed by atoms with Crippen molar-refractivity contribution in [2.75, 3.05) is 4.90 Å². The van der Waals surface area contributed by atoms with Crippen LogP contribution in [0.25, 0.3) is 0 Å². The summed E-state index contributed by atoms with van der Waals surface area (Å²) < 4.78 is 0. The minimum absolute atomic E-state index is 0.149. The summed E-state index contributed by atoms with van der Waals surface area (Å²) in [7, 11) is 0. The molecule has 0 spiro atoms. The molecule has 0 aliphatic carbocycles. The zero-order valence-electron chi connectivity index (χ0n) is 10.3. The Morgan fingerprint density at radius 3 is 2.45 bits per heavy atom. The molecule has 100 valence electrons. The van der Waals surface area contributed by atoms with E-state index in [1.54, 1.807) is 30.3 Å². The highest BCUT2D eigenvalue weighted by molar-refractivity contribution is 6.54. The number of halogens is 1. The first kappa shape index (κ1) is 12.7. The number of rotatable bonds is 2. The number of fused-ring (bicyclic) bond motifs is 1. The molecule has 1 heterocycles. The zero-order valence-corrected chi connectivity index (χ0v) is 11.1. The van der Waals surface area contributed by atoms with E-state index in [4.69, 9.17) is 11.6 Å². The van der Waals surface area contributed by atoms with Gasteiger partial charge < -0.3 is 5.11 Å². The first-order valence-corrected chi connectivity index (χ1v) is 6.38. The van der Waals surface area contributed by atoms with Crippen molar-refractivity contribution in [3.05, 3.63) is 58.6 Å². The molecule has 5 heteroatoms. The summed E-state index contributed by atoms with van der Waals surface area (Å²) >= 11 is 6.10. The van der Waals surface area contributed by atoms with Gasteiger partial charge in [-0.05, 0) is 29.8 Å². The van der Waals surface area contributed by atoms with Crippen LogP contribution in [-0.2, 0) is 11.3 Å². The second-order valence-electron chi connectivity index (χ2n) is 4.52. The van der Waals surface area contributed by atoms with E-state index in [1.807, 2.05) is 0 Å². The van der Waals surface area contributed by atoms with Gasteiger partial charge in [-0.25, -0.2) is 0 Å². The van der Waals surface area contributed by atoms with Gasteiger partial charge in [0.1, 0.15) is 5.75 Å². The van der Waals surface area contributed by atoms with Crippen LogP contribution in [0.4, 0.5) is 5.69 Å². The molecule has 0 fully saturated rings. The fourth-order valence-electron chi connectivity index (χ4n) is 2.25. The number of carbonyl (C=O) groups is 2. The van der Waals surface area contributed by atoms with Crippen molar-refractivity contribution in [1.82, 2.24) is 0 Å². The first-order chi connectivity index (χ1) is 9.58. The Bertz CT molecular complexity index is 710. The minimum atomic E-state index is -0.582. The van der Waals surface area contributed by atoms with Crippen molar-refractivity contribution in [3.8, 4) is 5.75 Å². The summed E-state index contributed by atoms with van der Waals surface area (Å²) in [5.41, 5.74) is 1.59. The molecule has 2 aromatic carbocycles. The Labute approximate surface area is 120 Å². The van der Waals surface area contributed by atoms with Gasteiger partial charge >= 0.3 is 0 Å². The predicted molar refractivity (Wildman–Crippen MR) is 75.1 cm³/mol. The van der Waals surface area contributed by atoms with Gasteiger partial charge in [-0.3, -0.25) is 14.5 Å². The molecule has 1 aliphatic rings. The molecule has 0 atom stereocenters. The molecule has 0 radical (unpaired) electrons. The second-order valence-corrected chi connectivity index (χ2v) is 4.93. The van der Waals surface area contributed by atoms with Crippen molar-refractivity contribution >= 4 is 29.0 Å². The molecule has 3 rings (SSSR count). The summed E-state index contributed by atoms with van der Waals surface area (Å²) in [6.07, 6.45) is 0. The van der Waals surface area contributed by atoms with E-state index in [0.29, 0.717) is 16.3 Å². The van der Waals surface area contributed by atoms with Gasteiger partial charge in [0, 0.05) is 0 Å². The fourth-order valence-corrected chi connectivity index (χ4v) is 2.52. The number of nitrogens with zero attached hydrogens (tertiary/aromatic N) is 1. The van der Waals surface area contributed by atoms with Crippen molar-refractivity contribution in [3.63, 3.8) is 0 Å². The van der Waals surface area contributed by atoms with Crippen LogP contribution < -0.4 is 4.90 Å². The van der Waals surface area contributed by atoms with E-state index in [2.05, 4.69) is 0 Å². The lowest BCUT2D eigenvalue weighted by Crippen LogP contribution is -2.29. The average molecular weight is 288 g/mol. The summed E-state index contributed by atoms with van der Waals surface area (Å²) in [6, 6.07) is 11.4. The molecule has 0 aromatic heterocycles. The largest absolute Gasteiger partial charge is 0.508 e. The number of Topliss-reactive ketones (excluding diaryl/α,β-unsaturated/α-hetero) is 1. The Hall–Kier alpha value is -2.33. The molecule has 20 heavy (non-hydrogen) atoms. The molecular formula is C15H10ClNO3. The lowest BCUT2D eigenvalue weighted by Gasteiger charge is -2.17. The number of aromatic hydroxyl groups is 1. The average Bonchev–Trinajstić information content (AvgIpc) is 2.68. The maximum atomic E-state index is 12.1. The number of para-hydroxylation sites is 1. The number of hydrogen-bond acceptors (Lipinski definition) is 3. The lowest BCUT2D eigenvalue weighted by molar-refractivity contribution is -0.114. The van der Waals surface area contributed by atoms with Crippen molar-refractivity contribution < 1.29 is 14.7 Å². The molecule has 2 aromatic rings. The van der Waals surface area contributed by atoms with Crippen LogP contribution >= 0.6 is 11.6 Å². The SMILES string of the molecule is O=C1C(=O)N(Cc2ccc(O)cc2)c2c(Cl)cccc21. The highest BCUT2D eigenvalue weighted by atomic mass is 35.5. The Balaban J connectivity index is 2.01. The summed E-state index contributed by atoms with van der Waals surface area (Å²) in [5, 5.41) is 9.63. The normalized spacial score (nSPS) is 13.8. The molecule has 0 bridgehead atoms. The molecule has 4 nitrogen and oxygen atoms in total. The number of ketones is 1. The van der Waals surface area contributed by atoms with Gasteiger partial charge in [0.2, 0.25) is 0 Å². The van der Waals surface area contributed by atoms with Gasteiger partial charge in [-0.1, -0.05) is 29.8 Å². The molecule has 1 aliphatic heterocycles. The van der Waals surface area contributed by atoms with Crippen LogP contribution in [0.15, 0.2) is 42.5 Å². The molecule has 0 saturated heterocycles. The number of carbonyl (C=O) groups excluding carboxylic acids is 2. The van der Waals surface area contributed by atoms with Crippen LogP contribution in [0.1, 0.15) is 15.9 Å². The maximum Gasteiger partial charge on any atom is 0.299 e. The van der Waals surface area contributed by atoms with Gasteiger partial charge in [0.05, 0.1) is 22.8 Å². The number of benzene rings is 2. The van der Waals surface area contributed by atoms with Crippen LogP contribution in [0.5, 0.6) is 5.75 Å². The third-order valence-electron chi connectivity index (χ3n) is 3.22. The van der Waals surface area contributed by atoms with E-state index in [9.17, 15) is 14.7 Å². The number of hydrogen-bond donors (Lipinski definition) is 1. The standard InChI is InChI=1S/C15H10ClNO3/c16-12-3-1-2-11-13(12)17(15(20)14(11)19)8-9-4-6-10(18)7-5-9/h1-7,18H,8H2. The molecular weight excluding hydrogens is 278 g/mol. The topological polar surface area (TPSA) is 57.6 Å². The zero-order chi connectivity index (χ0) is 14.3. The van der Waals surface area contributed by atoms with Gasteiger partial charge in [0.25, 0.3) is 11.7 Å². The van der Waals surface area contributed by atoms with Gasteiger partial charge in [-0.2, -0.15) is 0 Å². The van der Waals surface area contributed by atoms with Gasteiger partial charge in [-0.15, -0.1) is 0 Å². The number of phenols is 1. The molecule has 0 unspecified atom stereocenters. The van der Waals surface area contributed by atoms with E-state index in [1.165, 1.54) is 17.0 Å². The first-order valence-electron chi connectivity index (χ1n) is 6.00. The second kappa shape index (κ2) is 4.65. The number of phenolic OH excluding ortho intramolecular Hbond substituents is 1. The molecule has 1 amide bonds. The summed E-state index contributed by atoms with van der Waals surface area (Å²) in [6.45, 7) is 0.238. The van der Waals surface area contributed by atoms with Crippen LogP contribution in [-0.4, -0.2) is 16.8 Å². The maximum absolute atomic E-state index is 12.1. The Morgan fingerprint density at radius 1 is 1.05 bits per heavy atom. The van der Waals surface area contributed by atoms with Crippen molar-refractivity contribution in [1.29, 1.82) is 0 Å². The van der Waals surface area contributed by atoms with E-state index >= 15 is 0 Å². The molecule has 0 saturated carbocycles. The Kier molecular flexibility index (Phi) is 2.95. The van der Waals surface area contributed by atoms with Crippen molar-refractivity contribution in [2.45, 2.75) is 6.54 Å². The number of anilines is 1. The third kappa shape index (κ3) is 1.94. The quantitative estimate of drug-likeness (QED) is 0.864. The van der Waals surface area contributed by atoms with E-state index in [-0.39, 0.29) is 12.3 Å². The molecule has 1 N–H and O–H groups in total. The fraction of sp³-hybridized carbons (Fsp3) is 0.0667. The highest BCUT2D eigenvalue weighted by Crippen LogP contribution is 2.36. The lowest BCUT2D eigenvalue weighted by atomic mass is 10.1. The van der Waals surface area contributed by atoms with Crippen LogP contribution in [0.3, 0.4) is 0 Å². The predicted octanol–water partition coefficient (Wildman–Crippen LogP) is 2.78. The van der Waals surface area contributed by atoms with Crippen molar-refractivity contribution in [2.24, 2.45) is 0 Å². The van der Waals surface area contributed by atoms with E-state index < -0.39 is 11.7 Å². The summed E-state index contributed by atoms with van der Waals surface area (Å²) in [5.74, 6) is -0.974. The Morgan fingerprint density at radius 2 is 1.75 bits per heavy atom. The highest BCUT2D eigenvalue weighted by Gasteiger charge is 2.37. The third-order valence-corrected chi connectivity index (χ3v) is 3.52. The van der Waals surface area contributed by atoms with Crippen LogP contribution in [0, 0.1) is 0 Å². The van der Waals surface area contributed by atoms with E-state index in [0.717, 1.165) is 5.56 Å². The minimum Gasteiger partial charge on any atom is -0.508 e. The van der Waals surface area contributed by atoms with Crippen LogP contribution in [0.2, 0.25) is 5.02 Å². The smallest absolute Gasteiger partial charge is 0.299 e. The van der Waals surface area contributed by atoms with Gasteiger partial charge in [0.15, 0.2) is 0 Å². The summed E-state index contributed by atoms with van der Waals surface area (Å²) in [4.78, 5) is 25.3. The number of amides is 1. The monoisotopic (exact) mass is 287 g/mol.